The van der Waals surface area contributed by atoms with Crippen molar-refractivity contribution in [3.05, 3.63) is 24.3 Å². The number of ether oxygens (including phenoxy) is 1. The van der Waals surface area contributed by atoms with Crippen LogP contribution in [0.5, 0.6) is 0 Å². The highest BCUT2D eigenvalue weighted by molar-refractivity contribution is 4.99. The van der Waals surface area contributed by atoms with Crippen LogP contribution in [-0.2, 0) is 4.74 Å². The van der Waals surface area contributed by atoms with Gasteiger partial charge in [0.15, 0.2) is 0 Å². The number of allylic oxidation sites excluding steroid dienone is 3. The van der Waals surface area contributed by atoms with Crippen molar-refractivity contribution in [3.8, 4) is 0 Å². The molecule has 0 radical (unpaired) electrons. The first-order valence-corrected chi connectivity index (χ1v) is 5.51. The van der Waals surface area contributed by atoms with E-state index >= 15 is 0 Å². The fourth-order valence-electron chi connectivity index (χ4n) is 1.89. The molecule has 0 aromatic carbocycles. The average Bonchev–Trinajstić information content (AvgIpc) is 2.92. The predicted octanol–water partition coefficient (Wildman–Crippen LogP) is 2.19. The molecule has 2 aliphatic rings. The van der Waals surface area contributed by atoms with Gasteiger partial charge >= 0.3 is 0 Å². The summed E-state index contributed by atoms with van der Waals surface area (Å²) in [7, 11) is 0. The summed E-state index contributed by atoms with van der Waals surface area (Å²) in [6, 6.07) is 0. The molecule has 0 aromatic rings. The van der Waals surface area contributed by atoms with Gasteiger partial charge < -0.3 is 9.84 Å². The van der Waals surface area contributed by atoms with Gasteiger partial charge in [-0.25, -0.2) is 0 Å². The molecule has 14 heavy (non-hydrogen) atoms. The van der Waals surface area contributed by atoms with Crippen LogP contribution in [0.1, 0.15) is 32.1 Å². The summed E-state index contributed by atoms with van der Waals surface area (Å²) in [5.74, 6) is 0. The summed E-state index contributed by atoms with van der Waals surface area (Å²) in [5, 5.41) is 9.72. The molecule has 3 atom stereocenters. The van der Waals surface area contributed by atoms with E-state index in [1.165, 1.54) is 0 Å². The third-order valence-electron chi connectivity index (χ3n) is 2.83. The smallest absolute Gasteiger partial charge is 0.110 e. The van der Waals surface area contributed by atoms with E-state index in [2.05, 4.69) is 24.3 Å². The van der Waals surface area contributed by atoms with Crippen molar-refractivity contribution in [3.63, 3.8) is 0 Å². The third-order valence-corrected chi connectivity index (χ3v) is 2.83. The molecule has 1 fully saturated rings. The molecule has 1 saturated heterocycles. The molecule has 1 aliphatic heterocycles. The topological polar surface area (TPSA) is 32.8 Å². The molecule has 1 heterocycles. The maximum atomic E-state index is 9.72. The monoisotopic (exact) mass is 194 g/mol. The maximum absolute atomic E-state index is 9.72. The second-order valence-corrected chi connectivity index (χ2v) is 4.04. The van der Waals surface area contributed by atoms with Crippen molar-refractivity contribution in [2.75, 3.05) is 0 Å². The molecule has 1 N–H and O–H groups in total. The van der Waals surface area contributed by atoms with Gasteiger partial charge in [-0.3, -0.25) is 0 Å². The summed E-state index contributed by atoms with van der Waals surface area (Å²) in [6.07, 6.45) is 13.9. The lowest BCUT2D eigenvalue weighted by molar-refractivity contribution is 0.127. The third kappa shape index (κ3) is 2.69. The van der Waals surface area contributed by atoms with Crippen LogP contribution in [0, 0.1) is 0 Å². The Morgan fingerprint density at radius 1 is 1.00 bits per heavy atom. The van der Waals surface area contributed by atoms with Gasteiger partial charge in [-0.2, -0.15) is 0 Å². The summed E-state index contributed by atoms with van der Waals surface area (Å²) < 4.78 is 5.42. The number of aliphatic hydroxyl groups is 1. The SMILES string of the molecule is OC1CC/C=C/CC/C=C/C[C@H]2O[C@@H]12. The predicted molar refractivity (Wildman–Crippen MR) is 56.0 cm³/mol. The number of rotatable bonds is 0. The van der Waals surface area contributed by atoms with Crippen LogP contribution in [0.25, 0.3) is 0 Å². The van der Waals surface area contributed by atoms with Crippen LogP contribution < -0.4 is 0 Å². The highest BCUT2D eigenvalue weighted by atomic mass is 16.6. The number of hydrogen-bond donors (Lipinski definition) is 1. The van der Waals surface area contributed by atoms with Crippen molar-refractivity contribution < 1.29 is 9.84 Å². The summed E-state index contributed by atoms with van der Waals surface area (Å²) >= 11 is 0. The molecule has 2 rings (SSSR count). The van der Waals surface area contributed by atoms with E-state index in [0.29, 0.717) is 0 Å². The van der Waals surface area contributed by atoms with Crippen LogP contribution >= 0.6 is 0 Å². The number of fused-ring (bicyclic) bond motifs is 1. The van der Waals surface area contributed by atoms with Gasteiger partial charge in [0.05, 0.1) is 12.2 Å². The molecule has 0 bridgehead atoms. The van der Waals surface area contributed by atoms with E-state index in [4.69, 9.17) is 4.74 Å². The molecule has 78 valence electrons. The van der Waals surface area contributed by atoms with Gasteiger partial charge in [-0.15, -0.1) is 0 Å². The largest absolute Gasteiger partial charge is 0.390 e. The fraction of sp³-hybridized carbons (Fsp3) is 0.667. The lowest BCUT2D eigenvalue weighted by atomic mass is 10.1. The standard InChI is InChI=1S/C12H18O2/c13-10-8-6-4-2-1-3-5-7-9-11-12(10)14-11/h2,4-5,7,10-13H,1,3,6,8-9H2/b4-2+,7-5+/t10?,11-,12+/m1/s1. The van der Waals surface area contributed by atoms with E-state index in [0.717, 1.165) is 32.1 Å². The first-order chi connectivity index (χ1) is 6.88. The highest BCUT2D eigenvalue weighted by Crippen LogP contribution is 2.30. The molecular weight excluding hydrogens is 176 g/mol. The average molecular weight is 194 g/mol. The van der Waals surface area contributed by atoms with Crippen LogP contribution in [0.4, 0.5) is 0 Å². The Kier molecular flexibility index (Phi) is 3.38. The Bertz CT molecular complexity index is 232. The Labute approximate surface area is 85.3 Å². The van der Waals surface area contributed by atoms with Crippen molar-refractivity contribution in [1.82, 2.24) is 0 Å². The van der Waals surface area contributed by atoms with Crippen molar-refractivity contribution in [2.24, 2.45) is 0 Å². The van der Waals surface area contributed by atoms with Crippen LogP contribution in [0.15, 0.2) is 24.3 Å². The van der Waals surface area contributed by atoms with Gasteiger partial charge in [-0.1, -0.05) is 24.3 Å². The highest BCUT2D eigenvalue weighted by Gasteiger charge is 2.42. The first kappa shape index (κ1) is 9.94. The summed E-state index contributed by atoms with van der Waals surface area (Å²) in [5.41, 5.74) is 0. The van der Waals surface area contributed by atoms with Crippen LogP contribution in [0.3, 0.4) is 0 Å². The maximum Gasteiger partial charge on any atom is 0.110 e. The van der Waals surface area contributed by atoms with E-state index in [1.54, 1.807) is 0 Å². The van der Waals surface area contributed by atoms with E-state index in [9.17, 15) is 5.11 Å². The molecule has 0 aromatic heterocycles. The summed E-state index contributed by atoms with van der Waals surface area (Å²) in [6.45, 7) is 0. The number of epoxide rings is 1. The van der Waals surface area contributed by atoms with Gasteiger partial charge in [0.1, 0.15) is 6.10 Å². The van der Waals surface area contributed by atoms with Crippen molar-refractivity contribution in [2.45, 2.75) is 50.4 Å². The Morgan fingerprint density at radius 2 is 1.71 bits per heavy atom. The van der Waals surface area contributed by atoms with E-state index in [1.807, 2.05) is 0 Å². The normalized spacial score (nSPS) is 42.8. The lowest BCUT2D eigenvalue weighted by Gasteiger charge is -2.04. The van der Waals surface area contributed by atoms with Gasteiger partial charge in [-0.05, 0) is 32.1 Å². The Morgan fingerprint density at radius 3 is 2.57 bits per heavy atom. The van der Waals surface area contributed by atoms with Gasteiger partial charge in [0, 0.05) is 0 Å². The second-order valence-electron chi connectivity index (χ2n) is 4.04. The molecule has 0 amide bonds. The quantitative estimate of drug-likeness (QED) is 0.473. The van der Waals surface area contributed by atoms with E-state index in [-0.39, 0.29) is 18.3 Å². The minimum Gasteiger partial charge on any atom is -0.390 e. The molecule has 2 nitrogen and oxygen atoms in total. The van der Waals surface area contributed by atoms with Gasteiger partial charge in [0.2, 0.25) is 0 Å². The molecule has 1 aliphatic carbocycles. The molecule has 1 unspecified atom stereocenters. The van der Waals surface area contributed by atoms with Crippen LogP contribution in [0.2, 0.25) is 0 Å². The van der Waals surface area contributed by atoms with Crippen molar-refractivity contribution in [1.29, 1.82) is 0 Å². The first-order valence-electron chi connectivity index (χ1n) is 5.51. The molecular formula is C12H18O2. The molecule has 0 spiro atoms. The van der Waals surface area contributed by atoms with Crippen molar-refractivity contribution >= 4 is 0 Å². The van der Waals surface area contributed by atoms with Gasteiger partial charge in [0.25, 0.3) is 0 Å². The zero-order chi connectivity index (χ0) is 9.80. The second kappa shape index (κ2) is 4.76. The summed E-state index contributed by atoms with van der Waals surface area (Å²) in [4.78, 5) is 0. The minimum absolute atomic E-state index is 0.104. The molecule has 2 heteroatoms. The number of hydrogen-bond acceptors (Lipinski definition) is 2. The lowest BCUT2D eigenvalue weighted by Crippen LogP contribution is -2.16. The number of aliphatic hydroxyl groups excluding tert-OH is 1. The van der Waals surface area contributed by atoms with Crippen LogP contribution in [-0.4, -0.2) is 23.4 Å². The Balaban J connectivity index is 1.87. The fourth-order valence-corrected chi connectivity index (χ4v) is 1.89. The molecule has 0 saturated carbocycles. The Hall–Kier alpha value is -0.600. The zero-order valence-corrected chi connectivity index (χ0v) is 8.43. The zero-order valence-electron chi connectivity index (χ0n) is 8.43. The minimum atomic E-state index is -0.266. The van der Waals surface area contributed by atoms with E-state index < -0.39 is 0 Å².